The Hall–Kier alpha value is -1.10. The Bertz CT molecular complexity index is 318. The van der Waals surface area contributed by atoms with Gasteiger partial charge in [-0.15, -0.1) is 0 Å². The molecule has 0 heterocycles. The van der Waals surface area contributed by atoms with Crippen LogP contribution in [-0.4, -0.2) is 35.2 Å². The molecule has 0 spiro atoms. The highest BCUT2D eigenvalue weighted by Gasteiger charge is 2.51. The molecule has 2 fully saturated rings. The van der Waals surface area contributed by atoms with E-state index in [1.807, 2.05) is 6.92 Å². The van der Waals surface area contributed by atoms with Gasteiger partial charge in [-0.3, -0.25) is 4.79 Å². The molecule has 5 nitrogen and oxygen atoms in total. The van der Waals surface area contributed by atoms with Gasteiger partial charge in [0.15, 0.2) is 0 Å². The number of rotatable bonds is 6. The second-order valence-corrected chi connectivity index (χ2v) is 5.05. The highest BCUT2D eigenvalue weighted by atomic mass is 16.5. The summed E-state index contributed by atoms with van der Waals surface area (Å²) in [6, 6.07) is 0. The monoisotopic (exact) mass is 241 g/mol. The van der Waals surface area contributed by atoms with E-state index < -0.39 is 11.5 Å². The summed E-state index contributed by atoms with van der Waals surface area (Å²) in [5.74, 6) is -0.687. The lowest BCUT2D eigenvalue weighted by Gasteiger charge is -2.34. The number of hydrogen-bond donors (Lipinski definition) is 2. The second-order valence-electron chi connectivity index (χ2n) is 5.05. The summed E-state index contributed by atoms with van der Waals surface area (Å²) < 4.78 is 5.42. The Morgan fingerprint density at radius 1 is 1.41 bits per heavy atom. The smallest absolute Gasteiger partial charge is 0.329 e. The molecule has 2 saturated carbocycles. The minimum Gasteiger partial charge on any atom is -0.480 e. The van der Waals surface area contributed by atoms with Crippen molar-refractivity contribution in [3.63, 3.8) is 0 Å². The largest absolute Gasteiger partial charge is 0.480 e. The van der Waals surface area contributed by atoms with Crippen LogP contribution in [0.5, 0.6) is 0 Å². The van der Waals surface area contributed by atoms with Crippen LogP contribution in [0.1, 0.15) is 39.0 Å². The molecule has 1 amide bonds. The molecule has 2 aliphatic carbocycles. The molecule has 0 aromatic carbocycles. The van der Waals surface area contributed by atoms with Crippen LogP contribution in [0.15, 0.2) is 0 Å². The third-order valence-corrected chi connectivity index (χ3v) is 3.61. The molecule has 96 valence electrons. The van der Waals surface area contributed by atoms with Gasteiger partial charge in [-0.2, -0.15) is 0 Å². The van der Waals surface area contributed by atoms with Crippen LogP contribution in [0.25, 0.3) is 0 Å². The molecule has 0 bridgehead atoms. The predicted octanol–water partition coefficient (Wildman–Crippen LogP) is 0.925. The summed E-state index contributed by atoms with van der Waals surface area (Å²) in [5, 5.41) is 11.6. The van der Waals surface area contributed by atoms with E-state index in [0.717, 1.165) is 12.8 Å². The van der Waals surface area contributed by atoms with E-state index in [1.165, 1.54) is 0 Å². The van der Waals surface area contributed by atoms with E-state index in [1.54, 1.807) is 0 Å². The number of carbonyl (C=O) groups is 2. The van der Waals surface area contributed by atoms with E-state index in [9.17, 15) is 9.59 Å². The number of aliphatic carboxylic acids is 1. The first-order valence-corrected chi connectivity index (χ1v) is 6.22. The molecule has 2 aliphatic rings. The van der Waals surface area contributed by atoms with Crippen molar-refractivity contribution in [1.29, 1.82) is 0 Å². The molecule has 0 saturated heterocycles. The number of carboxylic acids is 1. The van der Waals surface area contributed by atoms with Gasteiger partial charge in [-0.25, -0.2) is 4.79 Å². The van der Waals surface area contributed by atoms with Gasteiger partial charge < -0.3 is 15.2 Å². The first-order valence-electron chi connectivity index (χ1n) is 6.22. The normalized spacial score (nSPS) is 29.2. The summed E-state index contributed by atoms with van der Waals surface area (Å²) in [4.78, 5) is 22.5. The van der Waals surface area contributed by atoms with Crippen molar-refractivity contribution in [2.75, 3.05) is 6.61 Å². The summed E-state index contributed by atoms with van der Waals surface area (Å²) in [6.07, 6.45) is 3.68. The molecule has 0 aromatic heterocycles. The van der Waals surface area contributed by atoms with Crippen molar-refractivity contribution in [1.82, 2.24) is 5.32 Å². The number of carbonyl (C=O) groups excluding carboxylic acids is 1. The maximum atomic E-state index is 11.7. The van der Waals surface area contributed by atoms with Crippen molar-refractivity contribution >= 4 is 11.9 Å². The number of hydrogen-bond acceptors (Lipinski definition) is 3. The first-order chi connectivity index (χ1) is 8.05. The van der Waals surface area contributed by atoms with Crippen LogP contribution < -0.4 is 5.32 Å². The summed E-state index contributed by atoms with van der Waals surface area (Å²) >= 11 is 0. The van der Waals surface area contributed by atoms with Gasteiger partial charge in [0.05, 0.1) is 6.10 Å². The Morgan fingerprint density at radius 2 is 2.06 bits per heavy atom. The van der Waals surface area contributed by atoms with Crippen molar-refractivity contribution in [2.24, 2.45) is 5.92 Å². The van der Waals surface area contributed by atoms with Gasteiger partial charge in [0.1, 0.15) is 5.54 Å². The Labute approximate surface area is 101 Å². The zero-order chi connectivity index (χ0) is 12.5. The fraction of sp³-hybridized carbons (Fsp3) is 0.833. The van der Waals surface area contributed by atoms with Gasteiger partial charge >= 0.3 is 5.97 Å². The number of nitrogens with one attached hydrogen (secondary N) is 1. The van der Waals surface area contributed by atoms with Gasteiger partial charge in [-0.1, -0.05) is 0 Å². The highest BCUT2D eigenvalue weighted by Crippen LogP contribution is 2.37. The van der Waals surface area contributed by atoms with E-state index in [2.05, 4.69) is 5.32 Å². The first kappa shape index (κ1) is 12.4. The molecular weight excluding hydrogens is 222 g/mol. The zero-order valence-electron chi connectivity index (χ0n) is 10.1. The lowest BCUT2D eigenvalue weighted by molar-refractivity contribution is -0.143. The molecule has 0 aromatic rings. The van der Waals surface area contributed by atoms with Crippen molar-refractivity contribution in [3.05, 3.63) is 0 Å². The SMILES string of the molecule is CCOC1CC(CC(=O)NC2(C(=O)O)CC2)C1. The Morgan fingerprint density at radius 3 is 2.53 bits per heavy atom. The molecule has 5 heteroatoms. The van der Waals surface area contributed by atoms with Crippen LogP contribution in [0.2, 0.25) is 0 Å². The number of amides is 1. The van der Waals surface area contributed by atoms with E-state index >= 15 is 0 Å². The second kappa shape index (κ2) is 4.64. The minimum atomic E-state index is -0.944. The van der Waals surface area contributed by atoms with Gasteiger partial charge in [0, 0.05) is 13.0 Å². The van der Waals surface area contributed by atoms with E-state index in [0.29, 0.717) is 37.9 Å². The summed E-state index contributed by atoms with van der Waals surface area (Å²) in [7, 11) is 0. The van der Waals surface area contributed by atoms with Crippen molar-refractivity contribution in [2.45, 2.75) is 50.7 Å². The van der Waals surface area contributed by atoms with Gasteiger partial charge in [0.25, 0.3) is 0 Å². The van der Waals surface area contributed by atoms with Crippen LogP contribution in [0.3, 0.4) is 0 Å². The third kappa shape index (κ3) is 2.77. The molecule has 0 atom stereocenters. The molecule has 0 aliphatic heterocycles. The van der Waals surface area contributed by atoms with Crippen LogP contribution in [-0.2, 0) is 14.3 Å². The van der Waals surface area contributed by atoms with Crippen LogP contribution in [0.4, 0.5) is 0 Å². The lowest BCUT2D eigenvalue weighted by atomic mass is 9.80. The Balaban J connectivity index is 1.68. The van der Waals surface area contributed by atoms with Crippen molar-refractivity contribution in [3.8, 4) is 0 Å². The van der Waals surface area contributed by atoms with Gasteiger partial charge in [0.2, 0.25) is 5.91 Å². The summed E-state index contributed by atoms with van der Waals surface area (Å²) in [6.45, 7) is 2.68. The van der Waals surface area contributed by atoms with Crippen molar-refractivity contribution < 1.29 is 19.4 Å². The average Bonchev–Trinajstić information content (AvgIpc) is 2.95. The standard InChI is InChI=1S/C12H19NO4/c1-2-17-9-5-8(6-9)7-10(14)13-12(3-4-12)11(15)16/h8-9H,2-7H2,1H3,(H,13,14)(H,15,16). The molecule has 2 N–H and O–H groups in total. The van der Waals surface area contributed by atoms with E-state index in [4.69, 9.17) is 9.84 Å². The molecule has 0 radical (unpaired) electrons. The quantitative estimate of drug-likeness (QED) is 0.725. The lowest BCUT2D eigenvalue weighted by Crippen LogP contribution is -2.45. The van der Waals surface area contributed by atoms with Crippen LogP contribution >= 0.6 is 0 Å². The fourth-order valence-corrected chi connectivity index (χ4v) is 2.31. The highest BCUT2D eigenvalue weighted by molar-refractivity contribution is 5.89. The number of ether oxygens (including phenoxy) is 1. The average molecular weight is 241 g/mol. The summed E-state index contributed by atoms with van der Waals surface area (Å²) in [5.41, 5.74) is -0.944. The molecular formula is C12H19NO4. The van der Waals surface area contributed by atoms with E-state index in [-0.39, 0.29) is 5.91 Å². The van der Waals surface area contributed by atoms with Crippen LogP contribution in [0, 0.1) is 5.92 Å². The maximum absolute atomic E-state index is 11.7. The molecule has 0 unspecified atom stereocenters. The fourth-order valence-electron chi connectivity index (χ4n) is 2.31. The molecule has 2 rings (SSSR count). The topological polar surface area (TPSA) is 75.6 Å². The Kier molecular flexibility index (Phi) is 3.38. The number of carboxylic acid groups (broad SMARTS) is 1. The zero-order valence-corrected chi connectivity index (χ0v) is 10.1. The predicted molar refractivity (Wildman–Crippen MR) is 60.5 cm³/mol. The maximum Gasteiger partial charge on any atom is 0.329 e. The molecule has 17 heavy (non-hydrogen) atoms. The minimum absolute atomic E-state index is 0.134. The van der Waals surface area contributed by atoms with Gasteiger partial charge in [-0.05, 0) is 38.5 Å². The third-order valence-electron chi connectivity index (χ3n) is 3.61.